The van der Waals surface area contributed by atoms with Crippen LogP contribution in [-0.2, 0) is 11.2 Å². The summed E-state index contributed by atoms with van der Waals surface area (Å²) in [6.45, 7) is 3.89. The van der Waals surface area contributed by atoms with E-state index in [4.69, 9.17) is 0 Å². The number of thioether (sulfide) groups is 1. The minimum atomic E-state index is -0.122. The molecule has 0 aliphatic carbocycles. The molecule has 4 rings (SSSR count). The van der Waals surface area contributed by atoms with Crippen molar-refractivity contribution >= 4 is 46.1 Å². The third kappa shape index (κ3) is 3.93. The number of nitrogens with zero attached hydrogens (tertiary/aromatic N) is 3. The molecular weight excluding hydrogens is 434 g/mol. The van der Waals surface area contributed by atoms with Crippen molar-refractivity contribution in [2.75, 3.05) is 12.3 Å². The molecule has 152 valence electrons. The van der Waals surface area contributed by atoms with Crippen LogP contribution in [0.3, 0.4) is 0 Å². The van der Waals surface area contributed by atoms with Crippen LogP contribution in [0, 0.1) is 18.3 Å². The van der Waals surface area contributed by atoms with Gasteiger partial charge in [-0.15, -0.1) is 22.7 Å². The number of hydrogen-bond acceptors (Lipinski definition) is 7. The van der Waals surface area contributed by atoms with Crippen LogP contribution >= 0.6 is 34.4 Å². The van der Waals surface area contributed by atoms with E-state index in [2.05, 4.69) is 28.6 Å². The van der Waals surface area contributed by atoms with Crippen LogP contribution in [-0.4, -0.2) is 33.9 Å². The number of aryl methyl sites for hydroxylation is 1. The van der Waals surface area contributed by atoms with Crippen LogP contribution in [0.5, 0.6) is 0 Å². The first-order chi connectivity index (χ1) is 14.5. The third-order valence-corrected chi connectivity index (χ3v) is 8.01. The summed E-state index contributed by atoms with van der Waals surface area (Å²) in [5, 5.41) is 14.1. The maximum absolute atomic E-state index is 13.2. The van der Waals surface area contributed by atoms with Gasteiger partial charge in [-0.25, -0.2) is 4.98 Å². The molecule has 1 amide bonds. The molecule has 5 nitrogen and oxygen atoms in total. The predicted molar refractivity (Wildman–Crippen MR) is 120 cm³/mol. The summed E-state index contributed by atoms with van der Waals surface area (Å²) in [6.07, 6.45) is 0.861. The Morgan fingerprint density at radius 2 is 2.17 bits per heavy atom. The molecule has 0 spiro atoms. The number of aromatic nitrogens is 1. The second kappa shape index (κ2) is 8.72. The molecule has 30 heavy (non-hydrogen) atoms. The first kappa shape index (κ1) is 20.8. The number of carbonyl (C=O) groups excluding carboxylic acids is 2. The van der Waals surface area contributed by atoms with Crippen molar-refractivity contribution in [2.45, 2.75) is 31.3 Å². The smallest absolute Gasteiger partial charge is 0.233 e. The molecule has 3 aromatic heterocycles. The van der Waals surface area contributed by atoms with Gasteiger partial charge in [-0.05, 0) is 54.8 Å². The number of ketones is 1. The Kier molecular flexibility index (Phi) is 6.04. The molecule has 0 saturated carbocycles. The lowest BCUT2D eigenvalue weighted by atomic mass is 9.98. The molecule has 1 aliphatic heterocycles. The number of hydrogen-bond donors (Lipinski definition) is 0. The average molecular weight is 454 g/mol. The van der Waals surface area contributed by atoms with Gasteiger partial charge in [0.1, 0.15) is 11.1 Å². The number of carbonyl (C=O) groups is 2. The lowest BCUT2D eigenvalue weighted by molar-refractivity contribution is -0.130. The maximum Gasteiger partial charge on any atom is 0.233 e. The highest BCUT2D eigenvalue weighted by Crippen LogP contribution is 2.40. The van der Waals surface area contributed by atoms with Gasteiger partial charge in [-0.1, -0.05) is 17.8 Å². The Balaban J connectivity index is 1.57. The number of thiophene rings is 2. The molecule has 0 aromatic carbocycles. The fourth-order valence-corrected chi connectivity index (χ4v) is 6.33. The number of amides is 1. The number of nitriles is 1. The zero-order chi connectivity index (χ0) is 21.3. The highest BCUT2D eigenvalue weighted by molar-refractivity contribution is 8.00. The second-order valence-electron chi connectivity index (χ2n) is 6.98. The number of rotatable bonds is 5. The topological polar surface area (TPSA) is 74.1 Å². The first-order valence-electron chi connectivity index (χ1n) is 9.44. The van der Waals surface area contributed by atoms with Crippen LogP contribution in [0.25, 0.3) is 0 Å². The van der Waals surface area contributed by atoms with Gasteiger partial charge >= 0.3 is 0 Å². The predicted octanol–water partition coefficient (Wildman–Crippen LogP) is 4.85. The molecule has 1 unspecified atom stereocenters. The molecule has 3 aromatic rings. The van der Waals surface area contributed by atoms with Gasteiger partial charge in [-0.2, -0.15) is 5.26 Å². The van der Waals surface area contributed by atoms with E-state index in [9.17, 15) is 14.9 Å². The van der Waals surface area contributed by atoms with Crippen LogP contribution in [0.1, 0.15) is 49.9 Å². The summed E-state index contributed by atoms with van der Waals surface area (Å²) in [5.41, 5.74) is 2.57. The zero-order valence-electron chi connectivity index (χ0n) is 16.5. The lowest BCUT2D eigenvalue weighted by Gasteiger charge is -2.35. The monoisotopic (exact) mass is 453 g/mol. The Hall–Kier alpha value is -2.47. The van der Waals surface area contributed by atoms with E-state index in [1.807, 2.05) is 16.3 Å². The molecule has 0 saturated heterocycles. The van der Waals surface area contributed by atoms with Crippen molar-refractivity contribution in [2.24, 2.45) is 0 Å². The first-order valence-corrected chi connectivity index (χ1v) is 12.2. The van der Waals surface area contributed by atoms with E-state index >= 15 is 0 Å². The third-order valence-electron chi connectivity index (χ3n) is 5.11. The van der Waals surface area contributed by atoms with Crippen molar-refractivity contribution in [3.05, 3.63) is 67.2 Å². The van der Waals surface area contributed by atoms with E-state index in [-0.39, 0.29) is 23.5 Å². The molecule has 1 atom stereocenters. The van der Waals surface area contributed by atoms with Gasteiger partial charge in [0.2, 0.25) is 5.91 Å². The summed E-state index contributed by atoms with van der Waals surface area (Å²) >= 11 is 4.67. The number of Topliss-reactive ketones (excluding diaryl/α,β-unsaturated/α-hetero) is 1. The second-order valence-corrected chi connectivity index (χ2v) is 9.93. The van der Waals surface area contributed by atoms with Gasteiger partial charge in [0.05, 0.1) is 17.4 Å². The highest BCUT2D eigenvalue weighted by atomic mass is 32.2. The standard InChI is InChI=1S/C22H19N3O2S3/c1-13-17(14(2)26)10-15(11-23)22(24-13)30-12-20(27)25-7-5-18-16(6-9-29-18)21(25)19-4-3-8-28-19/h3-4,6,8-10,21H,5,7,12H2,1-2H3. The van der Waals surface area contributed by atoms with Crippen molar-refractivity contribution in [3.8, 4) is 6.07 Å². The van der Waals surface area contributed by atoms with Gasteiger partial charge in [0.25, 0.3) is 0 Å². The van der Waals surface area contributed by atoms with E-state index in [1.54, 1.807) is 35.7 Å². The van der Waals surface area contributed by atoms with Crippen molar-refractivity contribution in [1.82, 2.24) is 9.88 Å². The van der Waals surface area contributed by atoms with Gasteiger partial charge < -0.3 is 4.90 Å². The van der Waals surface area contributed by atoms with Crippen LogP contribution in [0.15, 0.2) is 40.1 Å². The quantitative estimate of drug-likeness (QED) is 0.408. The van der Waals surface area contributed by atoms with Crippen LogP contribution < -0.4 is 0 Å². The fourth-order valence-electron chi connectivity index (χ4n) is 3.68. The van der Waals surface area contributed by atoms with E-state index < -0.39 is 0 Å². The number of fused-ring (bicyclic) bond motifs is 1. The summed E-state index contributed by atoms with van der Waals surface area (Å²) in [5.74, 6) is 0.0963. The maximum atomic E-state index is 13.2. The van der Waals surface area contributed by atoms with E-state index in [0.29, 0.717) is 28.4 Å². The largest absolute Gasteiger partial charge is 0.330 e. The lowest BCUT2D eigenvalue weighted by Crippen LogP contribution is -2.40. The normalized spacial score (nSPS) is 15.5. The summed E-state index contributed by atoms with van der Waals surface area (Å²) in [4.78, 5) is 33.8. The molecule has 4 heterocycles. The van der Waals surface area contributed by atoms with Gasteiger partial charge in [0.15, 0.2) is 5.78 Å². The van der Waals surface area contributed by atoms with Crippen molar-refractivity contribution in [3.63, 3.8) is 0 Å². The molecule has 1 aliphatic rings. The van der Waals surface area contributed by atoms with Crippen molar-refractivity contribution < 1.29 is 9.59 Å². The summed E-state index contributed by atoms with van der Waals surface area (Å²) in [6, 6.07) is 9.84. The molecule has 0 radical (unpaired) electrons. The molecule has 0 fully saturated rings. The Bertz CT molecular complexity index is 1150. The fraction of sp³-hybridized carbons (Fsp3) is 0.273. The van der Waals surface area contributed by atoms with Crippen molar-refractivity contribution in [1.29, 1.82) is 5.26 Å². The van der Waals surface area contributed by atoms with Crippen LogP contribution in [0.4, 0.5) is 0 Å². The molecule has 8 heteroatoms. The zero-order valence-corrected chi connectivity index (χ0v) is 19.0. The van der Waals surface area contributed by atoms with Gasteiger partial charge in [-0.3, -0.25) is 9.59 Å². The number of pyridine rings is 1. The SMILES string of the molecule is CC(=O)c1cc(C#N)c(SCC(=O)N2CCc3sccc3C2c2cccs2)nc1C. The molecular formula is C22H19N3O2S3. The van der Waals surface area contributed by atoms with Crippen LogP contribution in [0.2, 0.25) is 0 Å². The highest BCUT2D eigenvalue weighted by Gasteiger charge is 2.33. The Labute approximate surface area is 187 Å². The molecule has 0 N–H and O–H groups in total. The van der Waals surface area contributed by atoms with Gasteiger partial charge in [0, 0.05) is 27.6 Å². The summed E-state index contributed by atoms with van der Waals surface area (Å²) < 4.78 is 0. The Morgan fingerprint density at radius 3 is 2.87 bits per heavy atom. The molecule has 0 bridgehead atoms. The minimum Gasteiger partial charge on any atom is -0.330 e. The minimum absolute atomic E-state index is 0.0224. The van der Waals surface area contributed by atoms with E-state index in [0.717, 1.165) is 11.3 Å². The Morgan fingerprint density at radius 1 is 1.33 bits per heavy atom. The van der Waals surface area contributed by atoms with E-state index in [1.165, 1.54) is 29.1 Å². The summed E-state index contributed by atoms with van der Waals surface area (Å²) in [7, 11) is 0. The average Bonchev–Trinajstić information content (AvgIpc) is 3.42.